The molecule has 1 amide bonds. The second-order valence-electron chi connectivity index (χ2n) is 4.57. The molecule has 1 rings (SSSR count). The summed E-state index contributed by atoms with van der Waals surface area (Å²) in [5, 5.41) is 8.35. The largest absolute Gasteiger partial charge is 0.481 e. The zero-order valence-electron chi connectivity index (χ0n) is 12.1. The van der Waals surface area contributed by atoms with Crippen molar-refractivity contribution < 1.29 is 14.7 Å². The molecule has 1 aromatic rings. The van der Waals surface area contributed by atoms with Gasteiger partial charge in [-0.05, 0) is 6.42 Å². The van der Waals surface area contributed by atoms with E-state index in [2.05, 4.69) is 16.9 Å². The fourth-order valence-electron chi connectivity index (χ4n) is 1.63. The first-order valence-corrected chi connectivity index (χ1v) is 7.09. The molecule has 6 heteroatoms. The standard InChI is InChI=1S/C10H20O2.C4H5N3O/c1-2-3-4-5-6-7-8-9-10(11)12;5-3(8)4-6-1-2-7-4/h2-9H2,1H3,(H,11,12);1-2H,(H2,5,8)(H,6,7). The predicted molar refractivity (Wildman–Crippen MR) is 77.4 cm³/mol. The molecule has 0 saturated carbocycles. The zero-order chi connectivity index (χ0) is 15.2. The van der Waals surface area contributed by atoms with Crippen molar-refractivity contribution in [3.63, 3.8) is 0 Å². The summed E-state index contributed by atoms with van der Waals surface area (Å²) in [6, 6.07) is 0. The maximum absolute atomic E-state index is 10.2. The monoisotopic (exact) mass is 283 g/mol. The maximum Gasteiger partial charge on any atom is 0.303 e. The summed E-state index contributed by atoms with van der Waals surface area (Å²) in [5.74, 6) is -0.997. The molecule has 1 aromatic heterocycles. The van der Waals surface area contributed by atoms with Gasteiger partial charge in [0.25, 0.3) is 5.91 Å². The average molecular weight is 283 g/mol. The molecule has 0 atom stereocenters. The van der Waals surface area contributed by atoms with Crippen molar-refractivity contribution in [3.05, 3.63) is 18.2 Å². The van der Waals surface area contributed by atoms with Crippen LogP contribution >= 0.6 is 0 Å². The average Bonchev–Trinajstić information content (AvgIpc) is 2.92. The van der Waals surface area contributed by atoms with E-state index in [1.165, 1.54) is 38.3 Å². The number of aromatic amines is 1. The Labute approximate surface area is 119 Å². The number of hydrogen-bond acceptors (Lipinski definition) is 3. The molecule has 0 aliphatic carbocycles. The summed E-state index contributed by atoms with van der Waals surface area (Å²) in [7, 11) is 0. The van der Waals surface area contributed by atoms with Gasteiger partial charge in [0.15, 0.2) is 5.82 Å². The van der Waals surface area contributed by atoms with E-state index in [0.717, 1.165) is 12.8 Å². The molecule has 0 spiro atoms. The number of nitrogens with two attached hydrogens (primary N) is 1. The highest BCUT2D eigenvalue weighted by atomic mass is 16.4. The lowest BCUT2D eigenvalue weighted by atomic mass is 10.1. The lowest BCUT2D eigenvalue weighted by Crippen LogP contribution is -2.12. The van der Waals surface area contributed by atoms with Crippen LogP contribution in [0.4, 0.5) is 0 Å². The van der Waals surface area contributed by atoms with Crippen molar-refractivity contribution in [2.45, 2.75) is 58.3 Å². The Morgan fingerprint density at radius 1 is 1.20 bits per heavy atom. The van der Waals surface area contributed by atoms with E-state index in [-0.39, 0.29) is 5.82 Å². The van der Waals surface area contributed by atoms with Crippen LogP contribution in [-0.2, 0) is 4.79 Å². The van der Waals surface area contributed by atoms with E-state index < -0.39 is 11.9 Å². The number of amides is 1. The third-order valence-corrected chi connectivity index (χ3v) is 2.73. The molecular weight excluding hydrogens is 258 g/mol. The number of primary amides is 1. The van der Waals surface area contributed by atoms with Crippen LogP contribution < -0.4 is 5.73 Å². The van der Waals surface area contributed by atoms with Crippen LogP contribution in [0.2, 0.25) is 0 Å². The number of unbranched alkanes of at least 4 members (excludes halogenated alkanes) is 6. The SMILES string of the molecule is CCCCCCCCCC(=O)O.NC(=O)c1ncc[nH]1. The van der Waals surface area contributed by atoms with E-state index in [9.17, 15) is 9.59 Å². The first-order chi connectivity index (χ1) is 9.57. The Hall–Kier alpha value is -1.85. The van der Waals surface area contributed by atoms with E-state index in [1.54, 1.807) is 6.20 Å². The summed E-state index contributed by atoms with van der Waals surface area (Å²) in [4.78, 5) is 26.5. The molecule has 0 unspecified atom stereocenters. The van der Waals surface area contributed by atoms with Gasteiger partial charge in [0, 0.05) is 18.8 Å². The third kappa shape index (κ3) is 11.3. The Bertz CT molecular complexity index is 364. The second-order valence-corrected chi connectivity index (χ2v) is 4.57. The maximum atomic E-state index is 10.2. The molecule has 6 nitrogen and oxygen atoms in total. The normalized spacial score (nSPS) is 9.65. The van der Waals surface area contributed by atoms with E-state index in [0.29, 0.717) is 6.42 Å². The Balaban J connectivity index is 0.000000388. The van der Waals surface area contributed by atoms with Crippen LogP contribution in [0.5, 0.6) is 0 Å². The fraction of sp³-hybridized carbons (Fsp3) is 0.643. The summed E-state index contributed by atoms with van der Waals surface area (Å²) in [6.07, 6.45) is 11.7. The van der Waals surface area contributed by atoms with Gasteiger partial charge in [-0.2, -0.15) is 0 Å². The smallest absolute Gasteiger partial charge is 0.303 e. The Kier molecular flexibility index (Phi) is 11.1. The number of carboxylic acid groups (broad SMARTS) is 1. The van der Waals surface area contributed by atoms with Crippen LogP contribution in [0.1, 0.15) is 68.9 Å². The number of carbonyl (C=O) groups excluding carboxylic acids is 1. The van der Waals surface area contributed by atoms with E-state index >= 15 is 0 Å². The van der Waals surface area contributed by atoms with Gasteiger partial charge in [0.2, 0.25) is 0 Å². The molecule has 4 N–H and O–H groups in total. The van der Waals surface area contributed by atoms with E-state index in [4.69, 9.17) is 10.8 Å². The Morgan fingerprint density at radius 2 is 1.80 bits per heavy atom. The predicted octanol–water partition coefficient (Wildman–Crippen LogP) is 2.72. The number of nitrogens with zero attached hydrogens (tertiary/aromatic N) is 1. The zero-order valence-corrected chi connectivity index (χ0v) is 12.1. The summed E-state index contributed by atoms with van der Waals surface area (Å²) in [5.41, 5.74) is 4.83. The lowest BCUT2D eigenvalue weighted by Gasteiger charge is -1.98. The molecule has 0 bridgehead atoms. The van der Waals surface area contributed by atoms with Gasteiger partial charge in [-0.3, -0.25) is 9.59 Å². The van der Waals surface area contributed by atoms with Gasteiger partial charge < -0.3 is 15.8 Å². The fourth-order valence-corrected chi connectivity index (χ4v) is 1.63. The molecular formula is C14H25N3O3. The van der Waals surface area contributed by atoms with Gasteiger partial charge in [-0.1, -0.05) is 45.4 Å². The molecule has 0 aromatic carbocycles. The second kappa shape index (κ2) is 12.2. The number of imidazole rings is 1. The number of hydrogen-bond donors (Lipinski definition) is 3. The van der Waals surface area contributed by atoms with Gasteiger partial charge >= 0.3 is 5.97 Å². The number of carbonyl (C=O) groups is 2. The van der Waals surface area contributed by atoms with Crippen molar-refractivity contribution in [1.82, 2.24) is 9.97 Å². The molecule has 20 heavy (non-hydrogen) atoms. The van der Waals surface area contributed by atoms with Crippen molar-refractivity contribution in [2.75, 3.05) is 0 Å². The van der Waals surface area contributed by atoms with Crippen molar-refractivity contribution in [3.8, 4) is 0 Å². The summed E-state index contributed by atoms with van der Waals surface area (Å²) >= 11 is 0. The highest BCUT2D eigenvalue weighted by Crippen LogP contribution is 2.07. The molecule has 114 valence electrons. The minimum Gasteiger partial charge on any atom is -0.481 e. The highest BCUT2D eigenvalue weighted by molar-refractivity contribution is 5.88. The topological polar surface area (TPSA) is 109 Å². The number of H-pyrrole nitrogens is 1. The molecule has 0 saturated heterocycles. The van der Waals surface area contributed by atoms with Gasteiger partial charge in [0.1, 0.15) is 0 Å². The summed E-state index contributed by atoms with van der Waals surface area (Å²) in [6.45, 7) is 2.20. The molecule has 0 fully saturated rings. The number of rotatable bonds is 9. The van der Waals surface area contributed by atoms with Crippen LogP contribution in [0, 0.1) is 0 Å². The first kappa shape index (κ1) is 18.1. The van der Waals surface area contributed by atoms with Crippen molar-refractivity contribution in [2.24, 2.45) is 5.73 Å². The molecule has 1 heterocycles. The number of nitrogens with one attached hydrogen (secondary N) is 1. The van der Waals surface area contributed by atoms with Gasteiger partial charge in [-0.25, -0.2) is 4.98 Å². The van der Waals surface area contributed by atoms with Gasteiger partial charge in [-0.15, -0.1) is 0 Å². The van der Waals surface area contributed by atoms with Crippen molar-refractivity contribution in [1.29, 1.82) is 0 Å². The molecule has 0 aliphatic rings. The Morgan fingerprint density at radius 3 is 2.20 bits per heavy atom. The van der Waals surface area contributed by atoms with Crippen LogP contribution in [0.15, 0.2) is 12.4 Å². The molecule has 0 radical (unpaired) electrons. The minimum atomic E-state index is -0.663. The van der Waals surface area contributed by atoms with E-state index in [1.807, 2.05) is 0 Å². The van der Waals surface area contributed by atoms with Crippen molar-refractivity contribution >= 4 is 11.9 Å². The van der Waals surface area contributed by atoms with Crippen LogP contribution in [-0.4, -0.2) is 27.0 Å². The quantitative estimate of drug-likeness (QED) is 0.605. The third-order valence-electron chi connectivity index (χ3n) is 2.73. The number of aliphatic carboxylic acids is 1. The number of carboxylic acids is 1. The van der Waals surface area contributed by atoms with Crippen LogP contribution in [0.25, 0.3) is 0 Å². The van der Waals surface area contributed by atoms with Gasteiger partial charge in [0.05, 0.1) is 0 Å². The molecule has 0 aliphatic heterocycles. The number of aromatic nitrogens is 2. The highest BCUT2D eigenvalue weighted by Gasteiger charge is 1.97. The minimum absolute atomic E-state index is 0.199. The lowest BCUT2D eigenvalue weighted by molar-refractivity contribution is -0.137. The van der Waals surface area contributed by atoms with Crippen LogP contribution in [0.3, 0.4) is 0 Å². The summed E-state index contributed by atoms with van der Waals surface area (Å²) < 4.78 is 0. The first-order valence-electron chi connectivity index (χ1n) is 7.09.